The van der Waals surface area contributed by atoms with Crippen LogP contribution in [0, 0.1) is 12.8 Å². The monoisotopic (exact) mass is 427 g/mol. The smallest absolute Gasteiger partial charge is 0.339 e. The number of imidazole rings is 1. The number of hydrogen-bond donors (Lipinski definition) is 2. The van der Waals surface area contributed by atoms with E-state index in [0.717, 1.165) is 65.2 Å². The van der Waals surface area contributed by atoms with Gasteiger partial charge >= 0.3 is 5.97 Å². The maximum Gasteiger partial charge on any atom is 0.339 e. The predicted octanol–water partition coefficient (Wildman–Crippen LogP) is 4.15. The Balaban J connectivity index is 1.38. The Morgan fingerprint density at radius 2 is 2.12 bits per heavy atom. The Bertz CT molecular complexity index is 1260. The molecule has 0 amide bonds. The number of aromatic amines is 1. The zero-order valence-corrected chi connectivity index (χ0v) is 18.0. The van der Waals surface area contributed by atoms with Crippen molar-refractivity contribution in [2.75, 3.05) is 19.7 Å². The van der Waals surface area contributed by atoms with Crippen LogP contribution in [0.15, 0.2) is 55.0 Å². The first kappa shape index (κ1) is 20.3. The number of aromatic nitrogens is 4. The fourth-order valence-corrected chi connectivity index (χ4v) is 4.14. The fraction of sp³-hybridized carbons (Fsp3) is 0.280. The zero-order chi connectivity index (χ0) is 21.9. The maximum atomic E-state index is 12.5. The van der Waals surface area contributed by atoms with E-state index in [4.69, 9.17) is 4.74 Å². The molecular formula is C25H25N5O2. The van der Waals surface area contributed by atoms with Crippen LogP contribution in [0.4, 0.5) is 0 Å². The lowest BCUT2D eigenvalue weighted by atomic mass is 10.0. The summed E-state index contributed by atoms with van der Waals surface area (Å²) in [6, 6.07) is 13.7. The van der Waals surface area contributed by atoms with Gasteiger partial charge in [-0.15, -0.1) is 0 Å². The minimum atomic E-state index is -0.333. The molecule has 0 radical (unpaired) electrons. The Morgan fingerprint density at radius 1 is 1.19 bits per heavy atom. The van der Waals surface area contributed by atoms with Crippen LogP contribution in [-0.2, 0) is 4.74 Å². The maximum absolute atomic E-state index is 12.5. The molecule has 7 heteroatoms. The highest BCUT2D eigenvalue weighted by atomic mass is 16.5. The summed E-state index contributed by atoms with van der Waals surface area (Å²) in [5.41, 5.74) is 5.65. The van der Waals surface area contributed by atoms with Gasteiger partial charge in [0.15, 0.2) is 0 Å². The molecule has 0 saturated carbocycles. The Morgan fingerprint density at radius 3 is 2.97 bits per heavy atom. The van der Waals surface area contributed by atoms with Gasteiger partial charge in [-0.2, -0.15) is 0 Å². The number of nitrogens with zero attached hydrogens (tertiary/aromatic N) is 3. The molecule has 0 spiro atoms. The van der Waals surface area contributed by atoms with Gasteiger partial charge in [-0.3, -0.25) is 9.97 Å². The number of aryl methyl sites for hydroxylation is 1. The van der Waals surface area contributed by atoms with Gasteiger partial charge in [0.1, 0.15) is 0 Å². The molecule has 3 aromatic heterocycles. The standard InChI is InChI=1S/C25H25N5O2/c1-16-3-2-4-22(30-16)24-23(28-15-29-24)18-5-6-21-19(11-18)12-20(14-27-21)25(31)32-10-8-17-7-9-26-13-17/h2-6,11-12,14-15,17,26H,7-10,13H2,1H3,(H,28,29). The first-order valence-corrected chi connectivity index (χ1v) is 10.9. The van der Waals surface area contributed by atoms with Gasteiger partial charge in [-0.25, -0.2) is 9.78 Å². The van der Waals surface area contributed by atoms with E-state index in [0.29, 0.717) is 18.1 Å². The number of ether oxygens (including phenoxy) is 1. The van der Waals surface area contributed by atoms with Crippen molar-refractivity contribution in [3.8, 4) is 22.6 Å². The first-order valence-electron chi connectivity index (χ1n) is 10.9. The molecule has 4 heterocycles. The van der Waals surface area contributed by atoms with Crippen LogP contribution in [-0.4, -0.2) is 45.6 Å². The lowest BCUT2D eigenvalue weighted by molar-refractivity contribution is 0.0485. The van der Waals surface area contributed by atoms with Gasteiger partial charge in [-0.1, -0.05) is 12.1 Å². The number of benzene rings is 1. The summed E-state index contributed by atoms with van der Waals surface area (Å²) in [5.74, 6) is 0.256. The lowest BCUT2D eigenvalue weighted by Gasteiger charge is -2.09. The summed E-state index contributed by atoms with van der Waals surface area (Å²) in [7, 11) is 0. The normalized spacial score (nSPS) is 15.8. The van der Waals surface area contributed by atoms with Crippen LogP contribution in [0.5, 0.6) is 0 Å². The Labute approximate surface area is 186 Å². The van der Waals surface area contributed by atoms with E-state index < -0.39 is 0 Å². The molecule has 1 aliphatic heterocycles. The summed E-state index contributed by atoms with van der Waals surface area (Å²) >= 11 is 0. The molecule has 1 atom stereocenters. The van der Waals surface area contributed by atoms with Gasteiger partial charge in [0.25, 0.3) is 0 Å². The van der Waals surface area contributed by atoms with Crippen LogP contribution in [0.3, 0.4) is 0 Å². The number of nitrogens with one attached hydrogen (secondary N) is 2. The van der Waals surface area contributed by atoms with Gasteiger partial charge in [0.05, 0.1) is 41.1 Å². The van der Waals surface area contributed by atoms with E-state index in [-0.39, 0.29) is 5.97 Å². The molecule has 162 valence electrons. The molecule has 32 heavy (non-hydrogen) atoms. The molecule has 1 unspecified atom stereocenters. The minimum absolute atomic E-state index is 0.333. The van der Waals surface area contributed by atoms with Crippen LogP contribution < -0.4 is 5.32 Å². The second kappa shape index (κ2) is 8.88. The quantitative estimate of drug-likeness (QED) is 0.449. The van der Waals surface area contributed by atoms with Crippen molar-refractivity contribution in [1.82, 2.24) is 25.3 Å². The van der Waals surface area contributed by atoms with E-state index in [1.807, 2.05) is 49.4 Å². The third-order valence-electron chi connectivity index (χ3n) is 5.90. The SMILES string of the molecule is Cc1cccc(-c2[nH]cnc2-c2ccc3ncc(C(=O)OCCC4CCNC4)cc3c2)n1. The first-order chi connectivity index (χ1) is 15.7. The van der Waals surface area contributed by atoms with Crippen molar-refractivity contribution < 1.29 is 9.53 Å². The summed E-state index contributed by atoms with van der Waals surface area (Å²) in [6.07, 6.45) is 5.28. The van der Waals surface area contributed by atoms with Crippen LogP contribution in [0.25, 0.3) is 33.5 Å². The van der Waals surface area contributed by atoms with Gasteiger partial charge in [-0.05, 0) is 69.1 Å². The van der Waals surface area contributed by atoms with Gasteiger partial charge < -0.3 is 15.0 Å². The number of fused-ring (bicyclic) bond motifs is 1. The molecule has 0 aliphatic carbocycles. The van der Waals surface area contributed by atoms with E-state index in [9.17, 15) is 4.79 Å². The summed E-state index contributed by atoms with van der Waals surface area (Å²) in [5, 5.41) is 4.20. The zero-order valence-electron chi connectivity index (χ0n) is 18.0. The van der Waals surface area contributed by atoms with Crippen molar-refractivity contribution >= 4 is 16.9 Å². The van der Waals surface area contributed by atoms with E-state index in [1.165, 1.54) is 0 Å². The van der Waals surface area contributed by atoms with E-state index >= 15 is 0 Å². The molecular weight excluding hydrogens is 402 g/mol. The number of carbonyl (C=O) groups is 1. The highest BCUT2D eigenvalue weighted by molar-refractivity contribution is 5.95. The molecule has 1 aliphatic rings. The van der Waals surface area contributed by atoms with Crippen molar-refractivity contribution in [3.63, 3.8) is 0 Å². The number of rotatable bonds is 6. The third-order valence-corrected chi connectivity index (χ3v) is 5.90. The van der Waals surface area contributed by atoms with E-state index in [2.05, 4.69) is 25.3 Å². The second-order valence-electron chi connectivity index (χ2n) is 8.21. The summed E-state index contributed by atoms with van der Waals surface area (Å²) in [4.78, 5) is 29.3. The van der Waals surface area contributed by atoms with Crippen molar-refractivity contribution in [3.05, 3.63) is 66.2 Å². The Kier molecular flexibility index (Phi) is 5.64. The molecule has 1 saturated heterocycles. The molecule has 2 N–H and O–H groups in total. The number of esters is 1. The predicted molar refractivity (Wildman–Crippen MR) is 123 cm³/mol. The van der Waals surface area contributed by atoms with Gasteiger partial charge in [0.2, 0.25) is 0 Å². The highest BCUT2D eigenvalue weighted by Gasteiger charge is 2.16. The van der Waals surface area contributed by atoms with Crippen LogP contribution in [0.1, 0.15) is 28.9 Å². The molecule has 4 aromatic rings. The topological polar surface area (TPSA) is 92.8 Å². The summed E-state index contributed by atoms with van der Waals surface area (Å²) in [6.45, 7) is 4.45. The van der Waals surface area contributed by atoms with Crippen molar-refractivity contribution in [1.29, 1.82) is 0 Å². The number of H-pyrrole nitrogens is 1. The molecule has 7 nitrogen and oxygen atoms in total. The lowest BCUT2D eigenvalue weighted by Crippen LogP contribution is -2.13. The van der Waals surface area contributed by atoms with Crippen molar-refractivity contribution in [2.45, 2.75) is 19.8 Å². The number of hydrogen-bond acceptors (Lipinski definition) is 6. The summed E-state index contributed by atoms with van der Waals surface area (Å²) < 4.78 is 5.50. The molecule has 1 aromatic carbocycles. The average Bonchev–Trinajstić information content (AvgIpc) is 3.50. The highest BCUT2D eigenvalue weighted by Crippen LogP contribution is 2.30. The minimum Gasteiger partial charge on any atom is -0.462 e. The molecule has 5 rings (SSSR count). The van der Waals surface area contributed by atoms with Gasteiger partial charge in [0, 0.05) is 22.8 Å². The average molecular weight is 428 g/mol. The Hall–Kier alpha value is -3.58. The largest absolute Gasteiger partial charge is 0.462 e. The second-order valence-corrected chi connectivity index (χ2v) is 8.21. The number of pyridine rings is 2. The number of carbonyl (C=O) groups excluding carboxylic acids is 1. The van der Waals surface area contributed by atoms with Crippen LogP contribution in [0.2, 0.25) is 0 Å². The van der Waals surface area contributed by atoms with Crippen LogP contribution >= 0.6 is 0 Å². The fourth-order valence-electron chi connectivity index (χ4n) is 4.14. The van der Waals surface area contributed by atoms with E-state index in [1.54, 1.807) is 12.5 Å². The van der Waals surface area contributed by atoms with Crippen molar-refractivity contribution in [2.24, 2.45) is 5.92 Å². The molecule has 0 bridgehead atoms. The third kappa shape index (κ3) is 4.24. The molecule has 1 fully saturated rings.